The van der Waals surface area contributed by atoms with Gasteiger partial charge in [0.2, 0.25) is 5.91 Å². The molecule has 120 valence electrons. The van der Waals surface area contributed by atoms with E-state index < -0.39 is 0 Å². The summed E-state index contributed by atoms with van der Waals surface area (Å²) in [4.78, 5) is 11.6. The van der Waals surface area contributed by atoms with E-state index in [1.54, 1.807) is 12.3 Å². The molecule has 1 amide bonds. The number of rotatable bonds is 4. The van der Waals surface area contributed by atoms with Gasteiger partial charge in [0, 0.05) is 22.9 Å². The van der Waals surface area contributed by atoms with Crippen molar-refractivity contribution in [2.75, 3.05) is 0 Å². The highest BCUT2D eigenvalue weighted by Crippen LogP contribution is 2.31. The van der Waals surface area contributed by atoms with Gasteiger partial charge < -0.3 is 4.57 Å². The number of aromatic nitrogens is 1. The SMILES string of the molecule is Cc1cc(C=NNC(=O)C2CC2)c(C)n1-c1cccc(Cl)c1Cl. The Morgan fingerprint density at radius 3 is 2.78 bits per heavy atom. The van der Waals surface area contributed by atoms with Gasteiger partial charge in [0.25, 0.3) is 0 Å². The van der Waals surface area contributed by atoms with Crippen LogP contribution in [0.1, 0.15) is 29.8 Å². The highest BCUT2D eigenvalue weighted by Gasteiger charge is 2.29. The molecule has 23 heavy (non-hydrogen) atoms. The number of amides is 1. The molecule has 1 saturated carbocycles. The van der Waals surface area contributed by atoms with Crippen molar-refractivity contribution in [1.29, 1.82) is 0 Å². The number of nitrogens with one attached hydrogen (secondary N) is 1. The monoisotopic (exact) mass is 349 g/mol. The second-order valence-corrected chi connectivity index (χ2v) is 6.53. The van der Waals surface area contributed by atoms with E-state index in [4.69, 9.17) is 23.2 Å². The van der Waals surface area contributed by atoms with Crippen molar-refractivity contribution < 1.29 is 4.79 Å². The standard InChI is InChI=1S/C17H17Cl2N3O/c1-10-8-13(9-20-21-17(23)12-6-7-12)11(2)22(10)15-5-3-4-14(18)16(15)19/h3-5,8-9,12H,6-7H2,1-2H3,(H,21,23). The smallest absolute Gasteiger partial charge is 0.243 e. The first kappa shape index (κ1) is 16.1. The maximum absolute atomic E-state index is 11.6. The van der Waals surface area contributed by atoms with Crippen molar-refractivity contribution in [2.24, 2.45) is 11.0 Å². The Morgan fingerprint density at radius 1 is 1.35 bits per heavy atom. The van der Waals surface area contributed by atoms with E-state index >= 15 is 0 Å². The van der Waals surface area contributed by atoms with Crippen molar-refractivity contribution in [2.45, 2.75) is 26.7 Å². The zero-order chi connectivity index (χ0) is 16.6. The molecule has 1 aromatic heterocycles. The zero-order valence-corrected chi connectivity index (χ0v) is 14.4. The molecule has 0 aliphatic heterocycles. The van der Waals surface area contributed by atoms with Gasteiger partial charge in [-0.05, 0) is 44.9 Å². The summed E-state index contributed by atoms with van der Waals surface area (Å²) in [5, 5.41) is 5.09. The largest absolute Gasteiger partial charge is 0.316 e. The molecule has 1 aromatic carbocycles. The molecule has 0 saturated heterocycles. The number of hydrazone groups is 1. The summed E-state index contributed by atoms with van der Waals surface area (Å²) in [6, 6.07) is 7.55. The van der Waals surface area contributed by atoms with Crippen molar-refractivity contribution >= 4 is 35.3 Å². The van der Waals surface area contributed by atoms with E-state index in [9.17, 15) is 4.79 Å². The van der Waals surface area contributed by atoms with E-state index in [2.05, 4.69) is 10.5 Å². The molecule has 0 radical (unpaired) electrons. The van der Waals surface area contributed by atoms with Crippen LogP contribution in [0, 0.1) is 19.8 Å². The van der Waals surface area contributed by atoms with Gasteiger partial charge in [-0.3, -0.25) is 4.79 Å². The second-order valence-electron chi connectivity index (χ2n) is 5.74. The fourth-order valence-corrected chi connectivity index (χ4v) is 2.94. The number of hydrogen-bond acceptors (Lipinski definition) is 2. The molecule has 1 heterocycles. The Labute approximate surface area is 145 Å². The molecule has 1 N–H and O–H groups in total. The fourth-order valence-electron chi connectivity index (χ4n) is 2.56. The van der Waals surface area contributed by atoms with E-state index in [-0.39, 0.29) is 11.8 Å². The number of carbonyl (C=O) groups excluding carboxylic acids is 1. The van der Waals surface area contributed by atoms with Crippen LogP contribution in [-0.2, 0) is 4.79 Å². The minimum absolute atomic E-state index is 0.00653. The Balaban J connectivity index is 1.88. The Kier molecular flexibility index (Phi) is 4.46. The van der Waals surface area contributed by atoms with Crippen LogP contribution in [0.2, 0.25) is 10.0 Å². The van der Waals surface area contributed by atoms with Gasteiger partial charge in [-0.25, -0.2) is 5.43 Å². The Morgan fingerprint density at radius 2 is 2.09 bits per heavy atom. The molecule has 0 bridgehead atoms. The molecule has 0 unspecified atom stereocenters. The third kappa shape index (κ3) is 3.28. The van der Waals surface area contributed by atoms with Gasteiger partial charge in [0.1, 0.15) is 0 Å². The lowest BCUT2D eigenvalue weighted by atomic mass is 10.2. The number of benzene rings is 1. The van der Waals surface area contributed by atoms with Gasteiger partial charge in [-0.1, -0.05) is 29.3 Å². The summed E-state index contributed by atoms with van der Waals surface area (Å²) in [7, 11) is 0. The third-order valence-electron chi connectivity index (χ3n) is 3.97. The van der Waals surface area contributed by atoms with E-state index in [1.807, 2.05) is 36.6 Å². The molecule has 1 aliphatic rings. The predicted octanol–water partition coefficient (Wildman–Crippen LogP) is 4.26. The highest BCUT2D eigenvalue weighted by atomic mass is 35.5. The number of carbonyl (C=O) groups is 1. The van der Waals surface area contributed by atoms with Gasteiger partial charge in [0.05, 0.1) is 21.9 Å². The molecular formula is C17H17Cl2N3O. The van der Waals surface area contributed by atoms with Crippen molar-refractivity contribution in [3.05, 3.63) is 51.3 Å². The third-order valence-corrected chi connectivity index (χ3v) is 4.78. The first-order valence-corrected chi connectivity index (χ1v) is 8.21. The van der Waals surface area contributed by atoms with Gasteiger partial charge in [-0.15, -0.1) is 0 Å². The fraction of sp³-hybridized carbons (Fsp3) is 0.294. The summed E-state index contributed by atoms with van der Waals surface area (Å²) < 4.78 is 2.03. The van der Waals surface area contributed by atoms with E-state index in [0.717, 1.165) is 35.5 Å². The summed E-state index contributed by atoms with van der Waals surface area (Å²) in [6.45, 7) is 3.97. The molecule has 2 aromatic rings. The summed E-state index contributed by atoms with van der Waals surface area (Å²) in [6.07, 6.45) is 3.59. The number of nitrogens with zero attached hydrogens (tertiary/aromatic N) is 2. The van der Waals surface area contributed by atoms with Crippen molar-refractivity contribution in [3.8, 4) is 5.69 Å². The van der Waals surface area contributed by atoms with Crippen LogP contribution in [0.25, 0.3) is 5.69 Å². The molecule has 4 nitrogen and oxygen atoms in total. The van der Waals surface area contributed by atoms with Crippen molar-refractivity contribution in [3.63, 3.8) is 0 Å². The molecule has 6 heteroatoms. The average molecular weight is 350 g/mol. The van der Waals surface area contributed by atoms with Crippen LogP contribution in [0.5, 0.6) is 0 Å². The van der Waals surface area contributed by atoms with Crippen LogP contribution >= 0.6 is 23.2 Å². The minimum atomic E-state index is -0.00653. The summed E-state index contributed by atoms with van der Waals surface area (Å²) in [5.74, 6) is 0.137. The van der Waals surface area contributed by atoms with Gasteiger partial charge in [-0.2, -0.15) is 5.10 Å². The maximum atomic E-state index is 11.6. The second kappa shape index (κ2) is 6.38. The summed E-state index contributed by atoms with van der Waals surface area (Å²) in [5.41, 5.74) is 6.34. The van der Waals surface area contributed by atoms with Crippen LogP contribution in [0.3, 0.4) is 0 Å². The van der Waals surface area contributed by atoms with Gasteiger partial charge in [0.15, 0.2) is 0 Å². The lowest BCUT2D eigenvalue weighted by molar-refractivity contribution is -0.122. The van der Waals surface area contributed by atoms with Crippen LogP contribution in [0.4, 0.5) is 0 Å². The highest BCUT2D eigenvalue weighted by molar-refractivity contribution is 6.43. The normalized spacial score (nSPS) is 14.4. The predicted molar refractivity (Wildman–Crippen MR) is 93.7 cm³/mol. The number of aryl methyl sites for hydroxylation is 1. The summed E-state index contributed by atoms with van der Waals surface area (Å²) >= 11 is 12.4. The first-order valence-electron chi connectivity index (χ1n) is 7.45. The number of hydrogen-bond donors (Lipinski definition) is 1. The first-order chi connectivity index (χ1) is 11.0. The van der Waals surface area contributed by atoms with Gasteiger partial charge >= 0.3 is 0 Å². The zero-order valence-electron chi connectivity index (χ0n) is 12.9. The quantitative estimate of drug-likeness (QED) is 0.650. The molecule has 1 fully saturated rings. The molecule has 1 aliphatic carbocycles. The Hall–Kier alpha value is -1.78. The minimum Gasteiger partial charge on any atom is -0.316 e. The number of halogens is 2. The molecule has 0 spiro atoms. The van der Waals surface area contributed by atoms with E-state index in [0.29, 0.717) is 10.0 Å². The van der Waals surface area contributed by atoms with Crippen molar-refractivity contribution in [1.82, 2.24) is 9.99 Å². The Bertz CT molecular complexity index is 791. The lowest BCUT2D eigenvalue weighted by Crippen LogP contribution is -2.19. The topological polar surface area (TPSA) is 46.4 Å². The van der Waals surface area contributed by atoms with Crippen LogP contribution < -0.4 is 5.43 Å². The molecule has 3 rings (SSSR count). The van der Waals surface area contributed by atoms with Crippen LogP contribution in [-0.4, -0.2) is 16.7 Å². The van der Waals surface area contributed by atoms with E-state index in [1.165, 1.54) is 0 Å². The van der Waals surface area contributed by atoms with Crippen LogP contribution in [0.15, 0.2) is 29.4 Å². The molecular weight excluding hydrogens is 333 g/mol. The average Bonchev–Trinajstić information content (AvgIpc) is 3.31. The lowest BCUT2D eigenvalue weighted by Gasteiger charge is -2.12. The molecule has 0 atom stereocenters. The maximum Gasteiger partial charge on any atom is 0.243 e.